The van der Waals surface area contributed by atoms with Gasteiger partial charge in [0, 0.05) is 57.5 Å². The average Bonchev–Trinajstić information content (AvgIpc) is 2.95. The number of hydrogen-bond donors (Lipinski definition) is 1. The van der Waals surface area contributed by atoms with Gasteiger partial charge < -0.3 is 10.2 Å². The maximum atomic E-state index is 12.6. The minimum atomic E-state index is 0.0333. The van der Waals surface area contributed by atoms with Crippen LogP contribution in [-0.2, 0) is 6.54 Å². The topological polar surface area (TPSA) is 61.4 Å². The molecule has 23 heavy (non-hydrogen) atoms. The highest BCUT2D eigenvalue weighted by Crippen LogP contribution is 2.17. The molecule has 0 aliphatic carbocycles. The van der Waals surface area contributed by atoms with Crippen LogP contribution in [0.2, 0.25) is 0 Å². The molecule has 122 valence electrons. The molecule has 1 aliphatic rings. The van der Waals surface area contributed by atoms with E-state index < -0.39 is 0 Å². The van der Waals surface area contributed by atoms with Gasteiger partial charge in [0.25, 0.3) is 5.91 Å². The molecule has 1 saturated heterocycles. The Hall–Kier alpha value is -1.99. The first-order valence-electron chi connectivity index (χ1n) is 7.80. The largest absolute Gasteiger partial charge is 0.365 e. The average molecular weight is 331 g/mol. The zero-order chi connectivity index (χ0) is 16.1. The molecule has 3 rings (SSSR count). The number of amides is 1. The van der Waals surface area contributed by atoms with Gasteiger partial charge in [0.1, 0.15) is 5.69 Å². The molecule has 2 aromatic heterocycles. The fraction of sp³-hybridized carbons (Fsp3) is 0.438. The predicted octanol–water partition coefficient (Wildman–Crippen LogP) is 1.93. The van der Waals surface area contributed by atoms with E-state index in [1.807, 2.05) is 29.6 Å². The van der Waals surface area contributed by atoms with E-state index in [1.54, 1.807) is 6.20 Å². The first-order valence-corrected chi connectivity index (χ1v) is 8.68. The Kier molecular flexibility index (Phi) is 5.19. The summed E-state index contributed by atoms with van der Waals surface area (Å²) in [6, 6.07) is 4.06. The van der Waals surface area contributed by atoms with Crippen LogP contribution in [0, 0.1) is 0 Å². The Morgan fingerprint density at radius 1 is 1.35 bits per heavy atom. The molecule has 3 heterocycles. The highest BCUT2D eigenvalue weighted by atomic mass is 32.1. The van der Waals surface area contributed by atoms with E-state index >= 15 is 0 Å². The second kappa shape index (κ2) is 7.52. The van der Waals surface area contributed by atoms with Gasteiger partial charge in [0.05, 0.1) is 0 Å². The number of nitrogens with zero attached hydrogens (tertiary/aromatic N) is 4. The van der Waals surface area contributed by atoms with Crippen LogP contribution >= 0.6 is 11.3 Å². The molecule has 1 amide bonds. The van der Waals surface area contributed by atoms with Gasteiger partial charge in [-0.05, 0) is 18.1 Å². The summed E-state index contributed by atoms with van der Waals surface area (Å²) >= 11 is 1.46. The molecule has 0 spiro atoms. The minimum absolute atomic E-state index is 0.0333. The Bertz CT molecular complexity index is 645. The maximum absolute atomic E-state index is 12.6. The van der Waals surface area contributed by atoms with Crippen molar-refractivity contribution in [3.8, 4) is 0 Å². The molecule has 0 aromatic carbocycles. The zero-order valence-corrected chi connectivity index (χ0v) is 14.1. The van der Waals surface area contributed by atoms with E-state index in [4.69, 9.17) is 0 Å². The van der Waals surface area contributed by atoms with Crippen molar-refractivity contribution >= 4 is 22.4 Å². The van der Waals surface area contributed by atoms with Crippen molar-refractivity contribution in [3.63, 3.8) is 0 Å². The smallest absolute Gasteiger partial charge is 0.273 e. The second-order valence-electron chi connectivity index (χ2n) is 5.57. The summed E-state index contributed by atoms with van der Waals surface area (Å²) in [4.78, 5) is 25.3. The normalized spacial score (nSPS) is 16.1. The third-order valence-electron chi connectivity index (χ3n) is 3.94. The highest BCUT2D eigenvalue weighted by molar-refractivity contribution is 7.13. The Balaban J connectivity index is 1.58. The summed E-state index contributed by atoms with van der Waals surface area (Å²) in [5.41, 5.74) is 1.76. The van der Waals surface area contributed by atoms with Gasteiger partial charge in [-0.3, -0.25) is 14.7 Å². The molecule has 0 unspecified atom stereocenters. The van der Waals surface area contributed by atoms with Gasteiger partial charge >= 0.3 is 0 Å². The number of thiazole rings is 1. The molecule has 0 atom stereocenters. The van der Waals surface area contributed by atoms with Crippen LogP contribution in [0.15, 0.2) is 29.9 Å². The molecule has 0 radical (unpaired) electrons. The van der Waals surface area contributed by atoms with Crippen LogP contribution in [0.25, 0.3) is 0 Å². The van der Waals surface area contributed by atoms with Crippen molar-refractivity contribution in [2.75, 3.05) is 38.5 Å². The molecule has 1 fully saturated rings. The number of anilines is 1. The summed E-state index contributed by atoms with van der Waals surface area (Å²) in [5, 5.41) is 5.58. The number of pyridine rings is 1. The van der Waals surface area contributed by atoms with E-state index in [0.717, 1.165) is 44.3 Å². The van der Waals surface area contributed by atoms with E-state index in [2.05, 4.69) is 26.3 Å². The quantitative estimate of drug-likeness (QED) is 0.927. The second-order valence-corrected chi connectivity index (χ2v) is 6.43. The van der Waals surface area contributed by atoms with Crippen LogP contribution in [0.3, 0.4) is 0 Å². The molecule has 0 saturated carbocycles. The van der Waals surface area contributed by atoms with E-state index in [-0.39, 0.29) is 5.91 Å². The molecule has 1 N–H and O–H groups in total. The van der Waals surface area contributed by atoms with E-state index in [1.165, 1.54) is 16.9 Å². The number of nitrogens with one attached hydrogen (secondary N) is 1. The lowest BCUT2D eigenvalue weighted by atomic mass is 10.2. The Morgan fingerprint density at radius 2 is 2.26 bits per heavy atom. The van der Waals surface area contributed by atoms with E-state index in [9.17, 15) is 4.79 Å². The first-order chi connectivity index (χ1) is 11.3. The number of carbonyl (C=O) groups is 1. The van der Waals surface area contributed by atoms with E-state index in [0.29, 0.717) is 5.69 Å². The van der Waals surface area contributed by atoms with Crippen LogP contribution in [0.4, 0.5) is 5.13 Å². The zero-order valence-electron chi connectivity index (χ0n) is 13.2. The van der Waals surface area contributed by atoms with Gasteiger partial charge in [-0.25, -0.2) is 4.98 Å². The summed E-state index contributed by atoms with van der Waals surface area (Å²) in [7, 11) is 1.81. The van der Waals surface area contributed by atoms with Crippen LogP contribution < -0.4 is 5.32 Å². The Morgan fingerprint density at radius 3 is 3.00 bits per heavy atom. The maximum Gasteiger partial charge on any atom is 0.273 e. The van der Waals surface area contributed by atoms with Gasteiger partial charge in [-0.15, -0.1) is 11.3 Å². The highest BCUT2D eigenvalue weighted by Gasteiger charge is 2.22. The SMILES string of the molecule is CNc1nc(C(=O)N2CCCN(Cc3cccnc3)CC2)cs1. The summed E-state index contributed by atoms with van der Waals surface area (Å²) in [6.45, 7) is 4.29. The minimum Gasteiger partial charge on any atom is -0.365 e. The summed E-state index contributed by atoms with van der Waals surface area (Å²) in [5.74, 6) is 0.0333. The molecular formula is C16H21N5OS. The van der Waals surface area contributed by atoms with Crippen molar-refractivity contribution in [2.24, 2.45) is 0 Å². The molecule has 2 aromatic rings. The first kappa shape index (κ1) is 15.9. The molecule has 0 bridgehead atoms. The van der Waals surface area contributed by atoms with Gasteiger partial charge in [-0.1, -0.05) is 6.07 Å². The van der Waals surface area contributed by atoms with Crippen LogP contribution in [-0.4, -0.2) is 58.9 Å². The summed E-state index contributed by atoms with van der Waals surface area (Å²) in [6.07, 6.45) is 4.68. The fourth-order valence-electron chi connectivity index (χ4n) is 2.73. The molecular weight excluding hydrogens is 310 g/mol. The number of hydrogen-bond acceptors (Lipinski definition) is 6. The third-order valence-corrected chi connectivity index (χ3v) is 4.80. The third kappa shape index (κ3) is 4.05. The fourth-order valence-corrected chi connectivity index (χ4v) is 3.38. The standard InChI is InChI=1S/C16H21N5OS/c1-17-16-19-14(12-23-16)15(22)21-7-3-6-20(8-9-21)11-13-4-2-5-18-10-13/h2,4-5,10,12H,3,6-9,11H2,1H3,(H,17,19). The van der Waals surface area contributed by atoms with Crippen LogP contribution in [0.5, 0.6) is 0 Å². The number of carbonyl (C=O) groups excluding carboxylic acids is 1. The van der Waals surface area contributed by atoms with Crippen molar-refractivity contribution in [1.82, 2.24) is 19.8 Å². The van der Waals surface area contributed by atoms with Crippen molar-refractivity contribution < 1.29 is 4.79 Å². The van der Waals surface area contributed by atoms with Gasteiger partial charge in [0.15, 0.2) is 5.13 Å². The molecule has 1 aliphatic heterocycles. The van der Waals surface area contributed by atoms with Crippen LogP contribution in [0.1, 0.15) is 22.5 Å². The molecule has 7 heteroatoms. The lowest BCUT2D eigenvalue weighted by Crippen LogP contribution is -2.35. The number of rotatable bonds is 4. The molecule has 6 nitrogen and oxygen atoms in total. The van der Waals surface area contributed by atoms with Gasteiger partial charge in [0.2, 0.25) is 0 Å². The summed E-state index contributed by atoms with van der Waals surface area (Å²) < 4.78 is 0. The lowest BCUT2D eigenvalue weighted by molar-refractivity contribution is 0.0756. The number of aromatic nitrogens is 2. The van der Waals surface area contributed by atoms with Crippen molar-refractivity contribution in [2.45, 2.75) is 13.0 Å². The van der Waals surface area contributed by atoms with Crippen molar-refractivity contribution in [3.05, 3.63) is 41.2 Å². The van der Waals surface area contributed by atoms with Crippen molar-refractivity contribution in [1.29, 1.82) is 0 Å². The lowest BCUT2D eigenvalue weighted by Gasteiger charge is -2.21. The van der Waals surface area contributed by atoms with Gasteiger partial charge in [-0.2, -0.15) is 0 Å². The predicted molar refractivity (Wildman–Crippen MR) is 91.7 cm³/mol. The Labute approximate surface area is 140 Å². The monoisotopic (exact) mass is 331 g/mol.